The maximum Gasteiger partial charge on any atom is 0.226 e. The molecule has 2 N–H and O–H groups in total. The van der Waals surface area contributed by atoms with Crippen molar-refractivity contribution in [3.63, 3.8) is 0 Å². The van der Waals surface area contributed by atoms with Gasteiger partial charge in [-0.05, 0) is 69.0 Å². The summed E-state index contributed by atoms with van der Waals surface area (Å²) in [6.07, 6.45) is 10.2. The third-order valence-electron chi connectivity index (χ3n) is 5.70. The van der Waals surface area contributed by atoms with Crippen LogP contribution in [0, 0.1) is 23.2 Å². The second-order valence-electron chi connectivity index (χ2n) is 7.34. The summed E-state index contributed by atoms with van der Waals surface area (Å²) in [5.74, 6) is 3.62. The molecule has 4 fully saturated rings. The van der Waals surface area contributed by atoms with Gasteiger partial charge >= 0.3 is 0 Å². The topological polar surface area (TPSA) is 49.3 Å². The van der Waals surface area contributed by atoms with Crippen molar-refractivity contribution in [3.8, 4) is 0 Å². The molecule has 4 saturated carbocycles. The molecule has 1 atom stereocenters. The molecule has 1 amide bonds. The van der Waals surface area contributed by atoms with Gasteiger partial charge in [0, 0.05) is 23.8 Å². The van der Waals surface area contributed by atoms with Crippen LogP contribution in [0.15, 0.2) is 0 Å². The van der Waals surface area contributed by atoms with E-state index in [0.29, 0.717) is 12.3 Å². The van der Waals surface area contributed by atoms with Crippen LogP contribution in [-0.4, -0.2) is 35.7 Å². The highest BCUT2D eigenvalue weighted by Crippen LogP contribution is 2.60. The van der Waals surface area contributed by atoms with Crippen molar-refractivity contribution in [3.05, 3.63) is 0 Å². The highest BCUT2D eigenvalue weighted by Gasteiger charge is 2.54. The number of nitrogens with one attached hydrogen (secondary N) is 1. The monoisotopic (exact) mass is 297 g/mol. The number of aliphatic hydroxyl groups excluding tert-OH is 1. The van der Waals surface area contributed by atoms with Crippen LogP contribution in [0.5, 0.6) is 0 Å². The predicted octanol–water partition coefficient (Wildman–Crippen LogP) is 2.43. The summed E-state index contributed by atoms with van der Waals surface area (Å²) < 4.78 is 0. The zero-order chi connectivity index (χ0) is 14.2. The number of hydrogen-bond acceptors (Lipinski definition) is 3. The zero-order valence-corrected chi connectivity index (χ0v) is 13.3. The summed E-state index contributed by atoms with van der Waals surface area (Å²) >= 11 is 1.74. The Morgan fingerprint density at radius 3 is 2.25 bits per heavy atom. The van der Waals surface area contributed by atoms with Gasteiger partial charge in [-0.2, -0.15) is 11.8 Å². The lowest BCUT2D eigenvalue weighted by atomic mass is 9.49. The first kappa shape index (κ1) is 14.7. The molecule has 1 unspecified atom stereocenters. The highest BCUT2D eigenvalue weighted by molar-refractivity contribution is 7.98. The minimum atomic E-state index is -0.0547. The lowest BCUT2D eigenvalue weighted by Crippen LogP contribution is -2.55. The number of rotatable bonds is 6. The molecule has 0 aromatic rings. The first-order chi connectivity index (χ1) is 9.65. The van der Waals surface area contributed by atoms with E-state index in [1.807, 2.05) is 0 Å². The van der Waals surface area contributed by atoms with Crippen molar-refractivity contribution in [1.29, 1.82) is 0 Å². The summed E-state index contributed by atoms with van der Waals surface area (Å²) in [4.78, 5) is 12.9. The number of thioether (sulfide) groups is 1. The molecule has 114 valence electrons. The van der Waals surface area contributed by atoms with Gasteiger partial charge in [0.25, 0.3) is 0 Å². The molecule has 0 heterocycles. The molecule has 3 nitrogen and oxygen atoms in total. The molecular weight excluding hydrogens is 270 g/mol. The van der Waals surface area contributed by atoms with Crippen molar-refractivity contribution in [2.75, 3.05) is 18.6 Å². The Balaban J connectivity index is 1.67. The lowest BCUT2D eigenvalue weighted by molar-refractivity contribution is -0.147. The Kier molecular flexibility index (Phi) is 4.32. The molecule has 4 aliphatic carbocycles. The first-order valence-corrected chi connectivity index (χ1v) is 9.45. The van der Waals surface area contributed by atoms with E-state index in [2.05, 4.69) is 11.6 Å². The van der Waals surface area contributed by atoms with Crippen molar-refractivity contribution in [1.82, 2.24) is 5.32 Å². The third-order valence-corrected chi connectivity index (χ3v) is 6.44. The molecule has 0 aliphatic heterocycles. The van der Waals surface area contributed by atoms with Gasteiger partial charge in [0.2, 0.25) is 5.91 Å². The third kappa shape index (κ3) is 2.74. The van der Waals surface area contributed by atoms with E-state index in [0.717, 1.165) is 42.8 Å². The second-order valence-corrected chi connectivity index (χ2v) is 8.25. The summed E-state index contributed by atoms with van der Waals surface area (Å²) in [6, 6.07) is 0.135. The van der Waals surface area contributed by atoms with Crippen LogP contribution in [0.1, 0.15) is 44.9 Å². The van der Waals surface area contributed by atoms with Crippen molar-refractivity contribution in [2.24, 2.45) is 23.2 Å². The Hall–Kier alpha value is -0.220. The van der Waals surface area contributed by atoms with E-state index in [1.165, 1.54) is 19.3 Å². The normalized spacial score (nSPS) is 39.8. The average molecular weight is 297 g/mol. The van der Waals surface area contributed by atoms with Gasteiger partial charge in [-0.25, -0.2) is 0 Å². The maximum atomic E-state index is 12.9. The Labute approximate surface area is 126 Å². The molecule has 0 saturated heterocycles. The van der Waals surface area contributed by atoms with Crippen LogP contribution in [-0.2, 0) is 4.79 Å². The van der Waals surface area contributed by atoms with Crippen LogP contribution in [0.3, 0.4) is 0 Å². The number of carbonyl (C=O) groups is 1. The molecule has 4 bridgehead atoms. The minimum absolute atomic E-state index is 0.0547. The summed E-state index contributed by atoms with van der Waals surface area (Å²) in [6.45, 7) is 0.159. The largest absolute Gasteiger partial charge is 0.396 e. The molecule has 0 aromatic carbocycles. The van der Waals surface area contributed by atoms with Gasteiger partial charge in [-0.15, -0.1) is 0 Å². The predicted molar refractivity (Wildman–Crippen MR) is 82.6 cm³/mol. The van der Waals surface area contributed by atoms with Crippen LogP contribution in [0.2, 0.25) is 0 Å². The molecule has 4 heteroatoms. The number of hydrogen-bond donors (Lipinski definition) is 2. The Bertz CT molecular complexity index is 330. The molecule has 4 rings (SSSR count). The maximum absolute atomic E-state index is 12.9. The van der Waals surface area contributed by atoms with Gasteiger partial charge in [0.1, 0.15) is 0 Å². The molecular formula is C16H27NO2S. The fraction of sp³-hybridized carbons (Fsp3) is 0.938. The van der Waals surface area contributed by atoms with E-state index >= 15 is 0 Å². The minimum Gasteiger partial charge on any atom is -0.396 e. The first-order valence-electron chi connectivity index (χ1n) is 8.06. The van der Waals surface area contributed by atoms with Crippen LogP contribution >= 0.6 is 11.8 Å². The van der Waals surface area contributed by atoms with Gasteiger partial charge in [0.15, 0.2) is 0 Å². The van der Waals surface area contributed by atoms with Crippen LogP contribution < -0.4 is 5.32 Å². The standard InChI is InChI=1S/C16H27NO2S/c1-20-10-14(2-3-18)17-15(19)16-7-11-4-12(8-16)6-13(5-11)9-16/h11-14,18H,2-10H2,1H3,(H,17,19). The highest BCUT2D eigenvalue weighted by atomic mass is 32.2. The summed E-state index contributed by atoms with van der Waals surface area (Å²) in [5, 5.41) is 12.4. The Morgan fingerprint density at radius 2 is 1.80 bits per heavy atom. The van der Waals surface area contributed by atoms with E-state index in [-0.39, 0.29) is 18.1 Å². The number of carbonyl (C=O) groups excluding carboxylic acids is 1. The average Bonchev–Trinajstić information content (AvgIpc) is 2.37. The fourth-order valence-corrected chi connectivity index (χ4v) is 5.93. The van der Waals surface area contributed by atoms with Crippen molar-refractivity contribution in [2.45, 2.75) is 51.0 Å². The number of aliphatic hydroxyl groups is 1. The summed E-state index contributed by atoms with van der Waals surface area (Å²) in [5.41, 5.74) is -0.0547. The zero-order valence-electron chi connectivity index (χ0n) is 12.4. The van der Waals surface area contributed by atoms with Gasteiger partial charge in [-0.3, -0.25) is 4.79 Å². The lowest BCUT2D eigenvalue weighted by Gasteiger charge is -2.55. The summed E-state index contributed by atoms with van der Waals surface area (Å²) in [7, 11) is 0. The van der Waals surface area contributed by atoms with E-state index in [4.69, 9.17) is 5.11 Å². The molecule has 20 heavy (non-hydrogen) atoms. The second kappa shape index (κ2) is 5.88. The van der Waals surface area contributed by atoms with E-state index in [9.17, 15) is 4.79 Å². The van der Waals surface area contributed by atoms with Crippen LogP contribution in [0.25, 0.3) is 0 Å². The molecule has 0 radical (unpaired) electrons. The Morgan fingerprint density at radius 1 is 1.25 bits per heavy atom. The van der Waals surface area contributed by atoms with E-state index < -0.39 is 0 Å². The number of amides is 1. The SMILES string of the molecule is CSCC(CCO)NC(=O)C12CC3CC(CC(C3)C1)C2. The van der Waals surface area contributed by atoms with Crippen molar-refractivity contribution >= 4 is 17.7 Å². The van der Waals surface area contributed by atoms with Crippen molar-refractivity contribution < 1.29 is 9.90 Å². The van der Waals surface area contributed by atoms with Gasteiger partial charge < -0.3 is 10.4 Å². The fourth-order valence-electron chi connectivity index (χ4n) is 5.28. The van der Waals surface area contributed by atoms with E-state index in [1.54, 1.807) is 11.8 Å². The molecule has 0 spiro atoms. The molecule has 0 aromatic heterocycles. The van der Waals surface area contributed by atoms with Crippen LogP contribution in [0.4, 0.5) is 0 Å². The van der Waals surface area contributed by atoms with Gasteiger partial charge in [0.05, 0.1) is 0 Å². The molecule has 4 aliphatic rings. The quantitative estimate of drug-likeness (QED) is 0.791. The van der Waals surface area contributed by atoms with Gasteiger partial charge in [-0.1, -0.05) is 0 Å². The smallest absolute Gasteiger partial charge is 0.226 e.